The van der Waals surface area contributed by atoms with Crippen molar-refractivity contribution in [1.29, 1.82) is 0 Å². The average molecular weight is 267 g/mol. The second kappa shape index (κ2) is 6.77. The van der Waals surface area contributed by atoms with Gasteiger partial charge in [-0.2, -0.15) is 0 Å². The number of nitrogens with two attached hydrogens (primary N) is 2. The summed E-state index contributed by atoms with van der Waals surface area (Å²) in [6.45, 7) is 1.68. The van der Waals surface area contributed by atoms with Crippen LogP contribution >= 0.6 is 12.2 Å². The van der Waals surface area contributed by atoms with Crippen molar-refractivity contribution in [3.05, 3.63) is 0 Å². The van der Waals surface area contributed by atoms with Gasteiger partial charge in [0.2, 0.25) is 15.9 Å². The molecule has 0 aliphatic carbocycles. The first-order valence-electron chi connectivity index (χ1n) is 4.83. The molecule has 1 unspecified atom stereocenters. The van der Waals surface area contributed by atoms with Gasteiger partial charge in [0.15, 0.2) is 0 Å². The number of hydrogen-bond donors (Lipinski definition) is 3. The van der Waals surface area contributed by atoms with Crippen LogP contribution in [0.4, 0.5) is 0 Å². The smallest absolute Gasteiger partial charge is 0.220 e. The fourth-order valence-electron chi connectivity index (χ4n) is 0.917. The van der Waals surface area contributed by atoms with Crippen molar-refractivity contribution in [2.45, 2.75) is 31.4 Å². The average Bonchev–Trinajstić information content (AvgIpc) is 2.15. The van der Waals surface area contributed by atoms with Crippen LogP contribution < -0.4 is 16.2 Å². The van der Waals surface area contributed by atoms with Crippen molar-refractivity contribution in [2.24, 2.45) is 11.5 Å². The summed E-state index contributed by atoms with van der Waals surface area (Å²) in [7, 11) is -3.49. The van der Waals surface area contributed by atoms with Gasteiger partial charge >= 0.3 is 0 Å². The number of thiocarbonyl (C=S) groups is 1. The van der Waals surface area contributed by atoms with E-state index in [0.717, 1.165) is 0 Å². The van der Waals surface area contributed by atoms with E-state index < -0.39 is 15.3 Å². The van der Waals surface area contributed by atoms with Crippen molar-refractivity contribution < 1.29 is 13.2 Å². The Morgan fingerprint density at radius 1 is 1.38 bits per heavy atom. The second-order valence-corrected chi connectivity index (χ2v) is 5.96. The minimum Gasteiger partial charge on any atom is -0.392 e. The number of amides is 1. The highest BCUT2D eigenvalue weighted by Crippen LogP contribution is 2.00. The molecule has 0 saturated carbocycles. The van der Waals surface area contributed by atoms with E-state index in [1.165, 1.54) is 6.92 Å². The first-order valence-corrected chi connectivity index (χ1v) is 6.79. The van der Waals surface area contributed by atoms with Gasteiger partial charge in [-0.3, -0.25) is 4.79 Å². The Kier molecular flexibility index (Phi) is 6.46. The highest BCUT2D eigenvalue weighted by Gasteiger charge is 2.22. The maximum Gasteiger partial charge on any atom is 0.220 e. The number of unbranched alkanes of at least 4 members (excludes halogenated alkanes) is 1. The summed E-state index contributed by atoms with van der Waals surface area (Å²) in [5.41, 5.74) is 10.2. The molecule has 0 radical (unpaired) electrons. The molecule has 0 spiro atoms. The SMILES string of the molecule is CC(C(N)=S)S(=O)(=O)NCCCCC(N)=O. The fourth-order valence-corrected chi connectivity index (χ4v) is 2.28. The monoisotopic (exact) mass is 267 g/mol. The van der Waals surface area contributed by atoms with E-state index in [0.29, 0.717) is 12.8 Å². The molecule has 16 heavy (non-hydrogen) atoms. The lowest BCUT2D eigenvalue weighted by molar-refractivity contribution is -0.118. The van der Waals surface area contributed by atoms with Crippen molar-refractivity contribution in [3.8, 4) is 0 Å². The van der Waals surface area contributed by atoms with Gasteiger partial charge in [-0.15, -0.1) is 0 Å². The van der Waals surface area contributed by atoms with Crippen molar-refractivity contribution >= 4 is 33.1 Å². The predicted octanol–water partition coefficient (Wildman–Crippen LogP) is -0.764. The van der Waals surface area contributed by atoms with Crippen LogP contribution in [-0.2, 0) is 14.8 Å². The van der Waals surface area contributed by atoms with Crippen LogP contribution in [0.25, 0.3) is 0 Å². The first kappa shape index (κ1) is 15.3. The minimum absolute atomic E-state index is 0.0652. The number of carbonyl (C=O) groups is 1. The van der Waals surface area contributed by atoms with E-state index in [2.05, 4.69) is 16.9 Å². The lowest BCUT2D eigenvalue weighted by atomic mass is 10.2. The zero-order chi connectivity index (χ0) is 12.8. The van der Waals surface area contributed by atoms with E-state index >= 15 is 0 Å². The molecule has 1 atom stereocenters. The maximum atomic E-state index is 11.5. The second-order valence-electron chi connectivity index (χ2n) is 3.41. The van der Waals surface area contributed by atoms with E-state index in [9.17, 15) is 13.2 Å². The third-order valence-electron chi connectivity index (χ3n) is 2.02. The number of sulfonamides is 1. The Hall–Kier alpha value is -0.730. The number of carbonyl (C=O) groups excluding carboxylic acids is 1. The summed E-state index contributed by atoms with van der Waals surface area (Å²) >= 11 is 4.60. The molecule has 0 aromatic carbocycles. The van der Waals surface area contributed by atoms with Crippen LogP contribution in [0.15, 0.2) is 0 Å². The standard InChI is InChI=1S/C8H17N3O3S2/c1-6(8(10)15)16(13,14)11-5-3-2-4-7(9)12/h6,11H,2-5H2,1H3,(H2,9,12)(H2,10,15). The summed E-state index contributed by atoms with van der Waals surface area (Å²) in [4.78, 5) is 10.3. The molecule has 8 heteroatoms. The summed E-state index contributed by atoms with van der Waals surface area (Å²) in [6, 6.07) is 0. The molecule has 0 heterocycles. The normalized spacial score (nSPS) is 13.3. The van der Waals surface area contributed by atoms with Crippen LogP contribution in [0, 0.1) is 0 Å². The number of nitrogens with one attached hydrogen (secondary N) is 1. The number of hydrogen-bond acceptors (Lipinski definition) is 4. The van der Waals surface area contributed by atoms with Gasteiger partial charge in [0, 0.05) is 13.0 Å². The minimum atomic E-state index is -3.49. The number of primary amides is 1. The van der Waals surface area contributed by atoms with Gasteiger partial charge in [-0.25, -0.2) is 13.1 Å². The highest BCUT2D eigenvalue weighted by atomic mass is 32.2. The zero-order valence-electron chi connectivity index (χ0n) is 9.10. The zero-order valence-corrected chi connectivity index (χ0v) is 10.7. The van der Waals surface area contributed by atoms with Gasteiger partial charge in [-0.1, -0.05) is 12.2 Å². The van der Waals surface area contributed by atoms with Gasteiger partial charge in [0.1, 0.15) is 5.25 Å². The van der Waals surface area contributed by atoms with Gasteiger partial charge < -0.3 is 11.5 Å². The fraction of sp³-hybridized carbons (Fsp3) is 0.750. The Balaban J connectivity index is 3.93. The number of rotatable bonds is 8. The topological polar surface area (TPSA) is 115 Å². The van der Waals surface area contributed by atoms with E-state index in [1.807, 2.05) is 0 Å². The van der Waals surface area contributed by atoms with Crippen molar-refractivity contribution in [2.75, 3.05) is 6.54 Å². The van der Waals surface area contributed by atoms with Gasteiger partial charge in [0.25, 0.3) is 0 Å². The Morgan fingerprint density at radius 3 is 2.38 bits per heavy atom. The molecule has 94 valence electrons. The molecular weight excluding hydrogens is 250 g/mol. The Morgan fingerprint density at radius 2 is 1.94 bits per heavy atom. The molecule has 5 N–H and O–H groups in total. The van der Waals surface area contributed by atoms with E-state index in [-0.39, 0.29) is 23.9 Å². The molecule has 0 bridgehead atoms. The van der Waals surface area contributed by atoms with Crippen molar-refractivity contribution in [3.63, 3.8) is 0 Å². The largest absolute Gasteiger partial charge is 0.392 e. The molecule has 0 aliphatic heterocycles. The van der Waals surface area contributed by atoms with Crippen LogP contribution in [0.5, 0.6) is 0 Å². The van der Waals surface area contributed by atoms with E-state index in [4.69, 9.17) is 11.5 Å². The Labute approximate surface area is 101 Å². The lowest BCUT2D eigenvalue weighted by Crippen LogP contribution is -2.40. The van der Waals surface area contributed by atoms with E-state index in [1.54, 1.807) is 0 Å². The van der Waals surface area contributed by atoms with Crippen LogP contribution in [-0.4, -0.2) is 31.1 Å². The predicted molar refractivity (Wildman–Crippen MR) is 66.2 cm³/mol. The van der Waals surface area contributed by atoms with Crippen molar-refractivity contribution in [1.82, 2.24) is 4.72 Å². The summed E-state index contributed by atoms with van der Waals surface area (Å²) in [6.07, 6.45) is 1.36. The molecule has 0 aromatic heterocycles. The summed E-state index contributed by atoms with van der Waals surface area (Å²) < 4.78 is 25.4. The van der Waals surface area contributed by atoms with Crippen LogP contribution in [0.2, 0.25) is 0 Å². The quantitative estimate of drug-likeness (QED) is 0.395. The molecule has 1 amide bonds. The summed E-state index contributed by atoms with van der Waals surface area (Å²) in [5, 5.41) is -0.890. The Bertz CT molecular complexity index is 354. The van der Waals surface area contributed by atoms with Gasteiger partial charge in [0.05, 0.1) is 4.99 Å². The molecule has 0 rings (SSSR count). The third-order valence-corrected chi connectivity index (χ3v) is 4.31. The van der Waals surface area contributed by atoms with Gasteiger partial charge in [-0.05, 0) is 19.8 Å². The molecule has 0 saturated heterocycles. The highest BCUT2D eigenvalue weighted by molar-refractivity contribution is 7.93. The lowest BCUT2D eigenvalue weighted by Gasteiger charge is -2.11. The molecule has 6 nitrogen and oxygen atoms in total. The van der Waals surface area contributed by atoms with Crippen LogP contribution in [0.3, 0.4) is 0 Å². The molecule has 0 aliphatic rings. The summed E-state index contributed by atoms with van der Waals surface area (Å²) in [5.74, 6) is -0.389. The molecule has 0 fully saturated rings. The molecular formula is C8H17N3O3S2. The molecule has 0 aromatic rings. The third kappa shape index (κ3) is 5.99. The first-order chi connectivity index (χ1) is 7.27. The maximum absolute atomic E-state index is 11.5. The van der Waals surface area contributed by atoms with Crippen LogP contribution in [0.1, 0.15) is 26.2 Å².